The molecule has 0 aliphatic carbocycles. The Kier molecular flexibility index (Phi) is 4.93. The molecule has 0 saturated carbocycles. The van der Waals surface area contributed by atoms with E-state index in [1.165, 1.54) is 0 Å². The highest BCUT2D eigenvalue weighted by atomic mass is 35.5. The zero-order valence-corrected chi connectivity index (χ0v) is 13.5. The van der Waals surface area contributed by atoms with Crippen molar-refractivity contribution in [1.29, 1.82) is 0 Å². The number of rotatable bonds is 5. The predicted molar refractivity (Wildman–Crippen MR) is 93.7 cm³/mol. The molecule has 3 N–H and O–H groups in total. The minimum absolute atomic E-state index is 0.0239. The van der Waals surface area contributed by atoms with Gasteiger partial charge in [-0.15, -0.1) is 0 Å². The van der Waals surface area contributed by atoms with Crippen molar-refractivity contribution < 1.29 is 9.90 Å². The molecule has 1 atom stereocenters. The first-order valence-electron chi connectivity index (χ1n) is 7.45. The number of hydrogen-bond donors (Lipinski definition) is 3. The number of halogens is 1. The summed E-state index contributed by atoms with van der Waals surface area (Å²) < 4.78 is 0. The lowest BCUT2D eigenvalue weighted by molar-refractivity contribution is -0.118. The van der Waals surface area contributed by atoms with E-state index in [-0.39, 0.29) is 12.3 Å². The summed E-state index contributed by atoms with van der Waals surface area (Å²) in [5, 5.41) is 20.3. The van der Waals surface area contributed by atoms with Gasteiger partial charge in [0, 0.05) is 16.9 Å². The van der Waals surface area contributed by atoms with E-state index >= 15 is 0 Å². The average Bonchev–Trinajstić information content (AvgIpc) is 3.10. The molecule has 6 heteroatoms. The van der Waals surface area contributed by atoms with Crippen LogP contribution in [0.5, 0.6) is 0 Å². The third kappa shape index (κ3) is 4.01. The maximum absolute atomic E-state index is 12.1. The summed E-state index contributed by atoms with van der Waals surface area (Å²) >= 11 is 5.81. The fraction of sp³-hybridized carbons (Fsp3) is 0.111. The SMILES string of the molecule is O=C(CC(O)c1ccc(Cl)cc1)Nc1ccc(-c2ccn[nH]2)cc1. The Hall–Kier alpha value is -2.63. The smallest absolute Gasteiger partial charge is 0.227 e. The molecule has 0 saturated heterocycles. The van der Waals surface area contributed by atoms with Crippen molar-refractivity contribution in [3.8, 4) is 11.3 Å². The predicted octanol–water partition coefficient (Wildman–Crippen LogP) is 3.79. The molecular weight excluding hydrogens is 326 g/mol. The van der Waals surface area contributed by atoms with E-state index in [1.54, 1.807) is 30.5 Å². The Morgan fingerprint density at radius 2 is 1.83 bits per heavy atom. The molecule has 0 spiro atoms. The minimum atomic E-state index is -0.869. The summed E-state index contributed by atoms with van der Waals surface area (Å²) in [5.74, 6) is -0.258. The molecule has 2 aromatic carbocycles. The second-order valence-corrected chi connectivity index (χ2v) is 5.80. The number of benzene rings is 2. The molecule has 0 aliphatic rings. The van der Waals surface area contributed by atoms with E-state index in [4.69, 9.17) is 11.6 Å². The molecule has 1 amide bonds. The first kappa shape index (κ1) is 16.2. The van der Waals surface area contributed by atoms with Gasteiger partial charge in [0.25, 0.3) is 0 Å². The maximum atomic E-state index is 12.1. The fourth-order valence-electron chi connectivity index (χ4n) is 2.34. The van der Waals surface area contributed by atoms with Crippen LogP contribution in [0.25, 0.3) is 11.3 Å². The number of carbonyl (C=O) groups excluding carboxylic acids is 1. The Labute approximate surface area is 144 Å². The zero-order chi connectivity index (χ0) is 16.9. The fourth-order valence-corrected chi connectivity index (χ4v) is 2.47. The zero-order valence-electron chi connectivity index (χ0n) is 12.7. The molecule has 1 heterocycles. The van der Waals surface area contributed by atoms with Gasteiger partial charge in [0.1, 0.15) is 0 Å². The first-order chi connectivity index (χ1) is 11.6. The highest BCUT2D eigenvalue weighted by Crippen LogP contribution is 2.21. The molecule has 24 heavy (non-hydrogen) atoms. The van der Waals surface area contributed by atoms with Crippen molar-refractivity contribution in [2.45, 2.75) is 12.5 Å². The van der Waals surface area contributed by atoms with E-state index in [1.807, 2.05) is 30.3 Å². The van der Waals surface area contributed by atoms with Gasteiger partial charge in [-0.05, 0) is 41.5 Å². The molecule has 122 valence electrons. The van der Waals surface area contributed by atoms with Crippen molar-refractivity contribution in [3.63, 3.8) is 0 Å². The summed E-state index contributed by atoms with van der Waals surface area (Å²) in [4.78, 5) is 12.1. The van der Waals surface area contributed by atoms with Crippen LogP contribution in [0.4, 0.5) is 5.69 Å². The van der Waals surface area contributed by atoms with Crippen LogP contribution in [0, 0.1) is 0 Å². The molecule has 0 aliphatic heterocycles. The monoisotopic (exact) mass is 341 g/mol. The third-order valence-corrected chi connectivity index (χ3v) is 3.87. The molecule has 0 radical (unpaired) electrons. The molecule has 3 aromatic rings. The van der Waals surface area contributed by atoms with Gasteiger partial charge in [0.15, 0.2) is 0 Å². The minimum Gasteiger partial charge on any atom is -0.388 e. The number of nitrogens with one attached hydrogen (secondary N) is 2. The quantitative estimate of drug-likeness (QED) is 0.660. The number of aliphatic hydroxyl groups excluding tert-OH is 1. The number of amides is 1. The molecule has 1 unspecified atom stereocenters. The van der Waals surface area contributed by atoms with Crippen LogP contribution in [0.15, 0.2) is 60.8 Å². The van der Waals surface area contributed by atoms with Crippen LogP contribution >= 0.6 is 11.6 Å². The second-order valence-electron chi connectivity index (χ2n) is 5.37. The molecule has 0 fully saturated rings. The van der Waals surface area contributed by atoms with E-state index in [0.29, 0.717) is 16.3 Å². The van der Waals surface area contributed by atoms with Gasteiger partial charge in [-0.3, -0.25) is 9.89 Å². The first-order valence-corrected chi connectivity index (χ1v) is 7.83. The summed E-state index contributed by atoms with van der Waals surface area (Å²) in [6, 6.07) is 16.1. The van der Waals surface area contributed by atoms with Crippen LogP contribution in [-0.2, 0) is 4.79 Å². The Morgan fingerprint density at radius 3 is 2.46 bits per heavy atom. The second kappa shape index (κ2) is 7.29. The van der Waals surface area contributed by atoms with Crippen LogP contribution < -0.4 is 5.32 Å². The summed E-state index contributed by atoms with van der Waals surface area (Å²) in [5.41, 5.74) is 3.22. The summed E-state index contributed by atoms with van der Waals surface area (Å²) in [6.45, 7) is 0. The van der Waals surface area contributed by atoms with Crippen molar-refractivity contribution in [2.75, 3.05) is 5.32 Å². The lowest BCUT2D eigenvalue weighted by Gasteiger charge is -2.11. The number of hydrogen-bond acceptors (Lipinski definition) is 3. The lowest BCUT2D eigenvalue weighted by Crippen LogP contribution is -2.15. The maximum Gasteiger partial charge on any atom is 0.227 e. The van der Waals surface area contributed by atoms with E-state index in [0.717, 1.165) is 11.3 Å². The average molecular weight is 342 g/mol. The lowest BCUT2D eigenvalue weighted by atomic mass is 10.1. The normalized spacial score (nSPS) is 11.9. The van der Waals surface area contributed by atoms with Crippen LogP contribution in [0.2, 0.25) is 5.02 Å². The van der Waals surface area contributed by atoms with E-state index < -0.39 is 6.10 Å². The largest absolute Gasteiger partial charge is 0.388 e. The number of carbonyl (C=O) groups is 1. The third-order valence-electron chi connectivity index (χ3n) is 3.61. The van der Waals surface area contributed by atoms with E-state index in [2.05, 4.69) is 15.5 Å². The molecule has 1 aromatic heterocycles. The Balaban J connectivity index is 1.59. The summed E-state index contributed by atoms with van der Waals surface area (Å²) in [7, 11) is 0. The van der Waals surface area contributed by atoms with Gasteiger partial charge in [0.05, 0.1) is 18.2 Å². The number of anilines is 1. The highest BCUT2D eigenvalue weighted by molar-refractivity contribution is 6.30. The van der Waals surface area contributed by atoms with Crippen molar-refractivity contribution >= 4 is 23.2 Å². The van der Waals surface area contributed by atoms with Gasteiger partial charge in [0.2, 0.25) is 5.91 Å². The number of aliphatic hydroxyl groups is 1. The van der Waals surface area contributed by atoms with Gasteiger partial charge in [-0.1, -0.05) is 35.9 Å². The van der Waals surface area contributed by atoms with Gasteiger partial charge < -0.3 is 10.4 Å². The van der Waals surface area contributed by atoms with Gasteiger partial charge >= 0.3 is 0 Å². The van der Waals surface area contributed by atoms with Gasteiger partial charge in [-0.2, -0.15) is 5.10 Å². The highest BCUT2D eigenvalue weighted by Gasteiger charge is 2.13. The Bertz CT molecular complexity index is 799. The van der Waals surface area contributed by atoms with Crippen molar-refractivity contribution in [1.82, 2.24) is 10.2 Å². The number of nitrogens with zero attached hydrogens (tertiary/aromatic N) is 1. The number of H-pyrrole nitrogens is 1. The number of aromatic amines is 1. The standard InChI is InChI=1S/C18H16ClN3O2/c19-14-5-1-13(2-6-14)17(23)11-18(24)21-15-7-3-12(4-8-15)16-9-10-20-22-16/h1-10,17,23H,11H2,(H,20,22)(H,21,24). The molecule has 3 rings (SSSR count). The number of aromatic nitrogens is 2. The van der Waals surface area contributed by atoms with Crippen LogP contribution in [0.1, 0.15) is 18.1 Å². The topological polar surface area (TPSA) is 78.0 Å². The van der Waals surface area contributed by atoms with Gasteiger partial charge in [-0.25, -0.2) is 0 Å². The van der Waals surface area contributed by atoms with Crippen LogP contribution in [0.3, 0.4) is 0 Å². The van der Waals surface area contributed by atoms with Crippen molar-refractivity contribution in [2.24, 2.45) is 0 Å². The van der Waals surface area contributed by atoms with Crippen LogP contribution in [-0.4, -0.2) is 21.2 Å². The van der Waals surface area contributed by atoms with Crippen molar-refractivity contribution in [3.05, 3.63) is 71.4 Å². The molecule has 5 nitrogen and oxygen atoms in total. The molecular formula is C18H16ClN3O2. The van der Waals surface area contributed by atoms with E-state index in [9.17, 15) is 9.90 Å². The molecule has 0 bridgehead atoms. The Morgan fingerprint density at radius 1 is 1.12 bits per heavy atom. The summed E-state index contributed by atoms with van der Waals surface area (Å²) in [6.07, 6.45) is 0.791.